The van der Waals surface area contributed by atoms with Gasteiger partial charge in [0.25, 0.3) is 0 Å². The van der Waals surface area contributed by atoms with Crippen molar-refractivity contribution in [1.82, 2.24) is 0 Å². The van der Waals surface area contributed by atoms with Crippen LogP contribution in [0.3, 0.4) is 0 Å². The Morgan fingerprint density at radius 2 is 1.90 bits per heavy atom. The molecule has 0 aliphatic rings. The zero-order valence-electron chi connectivity index (χ0n) is 11.9. The van der Waals surface area contributed by atoms with Crippen molar-refractivity contribution in [2.75, 3.05) is 6.61 Å². The number of aliphatic hydroxyl groups is 1. The van der Waals surface area contributed by atoms with Gasteiger partial charge >= 0.3 is 0 Å². The number of para-hydroxylation sites is 1. The van der Waals surface area contributed by atoms with Crippen LogP contribution in [-0.2, 0) is 6.42 Å². The van der Waals surface area contributed by atoms with Gasteiger partial charge in [0, 0.05) is 22.0 Å². The average Bonchev–Trinajstić information content (AvgIpc) is 2.48. The van der Waals surface area contributed by atoms with Crippen LogP contribution in [0.5, 0.6) is 5.75 Å². The molecule has 0 saturated heterocycles. The first-order valence-electron chi connectivity index (χ1n) is 6.95. The van der Waals surface area contributed by atoms with E-state index in [1.807, 2.05) is 37.3 Å². The number of ether oxygens (including phenoxy) is 1. The first kappa shape index (κ1) is 16.2. The molecule has 2 nitrogen and oxygen atoms in total. The van der Waals surface area contributed by atoms with E-state index in [9.17, 15) is 5.11 Å². The highest BCUT2D eigenvalue weighted by Gasteiger charge is 2.15. The molecular formula is C17H18Cl2O2. The first-order valence-corrected chi connectivity index (χ1v) is 7.71. The van der Waals surface area contributed by atoms with E-state index in [1.165, 1.54) is 0 Å². The lowest BCUT2D eigenvalue weighted by Crippen LogP contribution is -2.06. The summed E-state index contributed by atoms with van der Waals surface area (Å²) in [6.07, 6.45) is 0.674. The molecule has 0 aliphatic carbocycles. The van der Waals surface area contributed by atoms with Gasteiger partial charge in [-0.3, -0.25) is 0 Å². The summed E-state index contributed by atoms with van der Waals surface area (Å²) in [4.78, 5) is 0. The minimum atomic E-state index is -0.670. The smallest absolute Gasteiger partial charge is 0.125 e. The monoisotopic (exact) mass is 324 g/mol. The molecule has 112 valence electrons. The number of halogens is 2. The highest BCUT2D eigenvalue weighted by Crippen LogP contribution is 2.30. The average molecular weight is 325 g/mol. The van der Waals surface area contributed by atoms with E-state index in [4.69, 9.17) is 27.9 Å². The fraction of sp³-hybridized carbons (Fsp3) is 0.294. The lowest BCUT2D eigenvalue weighted by atomic mass is 10.0. The molecule has 1 unspecified atom stereocenters. The van der Waals surface area contributed by atoms with E-state index in [0.717, 1.165) is 23.3 Å². The van der Waals surface area contributed by atoms with Gasteiger partial charge in [-0.05, 0) is 30.2 Å². The van der Waals surface area contributed by atoms with Gasteiger partial charge in [0.15, 0.2) is 0 Å². The second-order valence-electron chi connectivity index (χ2n) is 4.84. The Hall–Kier alpha value is -1.22. The predicted molar refractivity (Wildman–Crippen MR) is 87.4 cm³/mol. The highest BCUT2D eigenvalue weighted by molar-refractivity contribution is 6.35. The summed E-state index contributed by atoms with van der Waals surface area (Å²) in [6.45, 7) is 2.68. The third-order valence-electron chi connectivity index (χ3n) is 3.17. The summed E-state index contributed by atoms with van der Waals surface area (Å²) in [7, 11) is 0. The molecule has 0 aliphatic heterocycles. The van der Waals surface area contributed by atoms with Crippen LogP contribution in [0, 0.1) is 0 Å². The molecule has 0 saturated carbocycles. The summed E-state index contributed by atoms with van der Waals surface area (Å²) >= 11 is 12.0. The van der Waals surface area contributed by atoms with E-state index in [0.29, 0.717) is 23.1 Å². The first-order chi connectivity index (χ1) is 10.1. The van der Waals surface area contributed by atoms with E-state index in [1.54, 1.807) is 12.1 Å². The number of rotatable bonds is 6. The van der Waals surface area contributed by atoms with Crippen molar-refractivity contribution >= 4 is 23.2 Å². The highest BCUT2D eigenvalue weighted by atomic mass is 35.5. The van der Waals surface area contributed by atoms with Crippen molar-refractivity contribution < 1.29 is 9.84 Å². The molecule has 4 heteroatoms. The van der Waals surface area contributed by atoms with E-state index in [-0.39, 0.29) is 0 Å². The lowest BCUT2D eigenvalue weighted by molar-refractivity contribution is 0.171. The summed E-state index contributed by atoms with van der Waals surface area (Å²) in [5.41, 5.74) is 1.64. The van der Waals surface area contributed by atoms with Crippen LogP contribution in [0.1, 0.15) is 30.6 Å². The van der Waals surface area contributed by atoms with Crippen LogP contribution in [0.15, 0.2) is 42.5 Å². The Labute approximate surface area is 135 Å². The van der Waals surface area contributed by atoms with E-state index in [2.05, 4.69) is 0 Å². The molecule has 2 aromatic carbocycles. The second kappa shape index (κ2) is 7.69. The number of hydrogen-bond donors (Lipinski definition) is 1. The maximum Gasteiger partial charge on any atom is 0.125 e. The molecule has 1 N–H and O–H groups in total. The Morgan fingerprint density at radius 1 is 1.14 bits per heavy atom. The van der Waals surface area contributed by atoms with E-state index < -0.39 is 6.10 Å². The van der Waals surface area contributed by atoms with Crippen LogP contribution in [0.2, 0.25) is 10.0 Å². The normalized spacial score (nSPS) is 12.2. The Bertz CT molecular complexity index is 599. The molecule has 0 fully saturated rings. The Balaban J connectivity index is 2.18. The topological polar surface area (TPSA) is 29.5 Å². The fourth-order valence-corrected chi connectivity index (χ4v) is 2.59. The predicted octanol–water partition coefficient (Wildman–Crippen LogP) is 5.06. The maximum atomic E-state index is 10.5. The van der Waals surface area contributed by atoms with Gasteiger partial charge in [0.05, 0.1) is 12.7 Å². The van der Waals surface area contributed by atoms with Crippen molar-refractivity contribution in [2.24, 2.45) is 0 Å². The summed E-state index contributed by atoms with van der Waals surface area (Å²) < 4.78 is 5.68. The van der Waals surface area contributed by atoms with Crippen molar-refractivity contribution in [3.63, 3.8) is 0 Å². The Morgan fingerprint density at radius 3 is 2.62 bits per heavy atom. The zero-order valence-corrected chi connectivity index (χ0v) is 13.4. The van der Waals surface area contributed by atoms with Gasteiger partial charge < -0.3 is 9.84 Å². The largest absolute Gasteiger partial charge is 0.493 e. The van der Waals surface area contributed by atoms with Crippen LogP contribution in [0.25, 0.3) is 0 Å². The molecule has 0 spiro atoms. The third-order valence-corrected chi connectivity index (χ3v) is 3.76. The molecule has 2 aromatic rings. The van der Waals surface area contributed by atoms with Crippen molar-refractivity contribution in [1.29, 1.82) is 0 Å². The van der Waals surface area contributed by atoms with Gasteiger partial charge in [-0.1, -0.05) is 54.4 Å². The van der Waals surface area contributed by atoms with Gasteiger partial charge in [0.2, 0.25) is 0 Å². The van der Waals surface area contributed by atoms with E-state index >= 15 is 0 Å². The molecular weight excluding hydrogens is 307 g/mol. The van der Waals surface area contributed by atoms with Crippen LogP contribution >= 0.6 is 23.2 Å². The van der Waals surface area contributed by atoms with Crippen LogP contribution < -0.4 is 4.74 Å². The molecule has 21 heavy (non-hydrogen) atoms. The Kier molecular flexibility index (Phi) is 5.92. The molecule has 0 bridgehead atoms. The summed E-state index contributed by atoms with van der Waals surface area (Å²) in [6, 6.07) is 12.8. The molecule has 1 atom stereocenters. The van der Waals surface area contributed by atoms with Crippen molar-refractivity contribution in [3.05, 3.63) is 63.6 Å². The third kappa shape index (κ3) is 4.37. The SMILES string of the molecule is CCCOc1ccccc1C(O)Cc1ccc(Cl)cc1Cl. The molecule has 2 rings (SSSR count). The number of benzene rings is 2. The van der Waals surface area contributed by atoms with Gasteiger partial charge in [-0.25, -0.2) is 0 Å². The molecule has 0 heterocycles. The fourth-order valence-electron chi connectivity index (χ4n) is 2.10. The number of aliphatic hydroxyl groups excluding tert-OH is 1. The van der Waals surface area contributed by atoms with Crippen LogP contribution in [-0.4, -0.2) is 11.7 Å². The number of hydrogen-bond acceptors (Lipinski definition) is 2. The van der Waals surface area contributed by atoms with Gasteiger partial charge in [-0.2, -0.15) is 0 Å². The lowest BCUT2D eigenvalue weighted by Gasteiger charge is -2.16. The standard InChI is InChI=1S/C17H18Cl2O2/c1-2-9-21-17-6-4-3-5-14(17)16(20)10-12-7-8-13(18)11-15(12)19/h3-8,11,16,20H,2,9-10H2,1H3. The molecule has 0 amide bonds. The quantitative estimate of drug-likeness (QED) is 0.804. The minimum Gasteiger partial charge on any atom is -0.493 e. The maximum absolute atomic E-state index is 10.5. The zero-order chi connectivity index (χ0) is 15.2. The molecule has 0 aromatic heterocycles. The van der Waals surface area contributed by atoms with Crippen LogP contribution in [0.4, 0.5) is 0 Å². The van der Waals surface area contributed by atoms with Gasteiger partial charge in [0.1, 0.15) is 5.75 Å². The summed E-state index contributed by atoms with van der Waals surface area (Å²) in [5, 5.41) is 11.6. The minimum absolute atomic E-state index is 0.419. The molecule has 0 radical (unpaired) electrons. The second-order valence-corrected chi connectivity index (χ2v) is 5.69. The van der Waals surface area contributed by atoms with Crippen molar-refractivity contribution in [2.45, 2.75) is 25.9 Å². The van der Waals surface area contributed by atoms with Crippen molar-refractivity contribution in [3.8, 4) is 5.75 Å². The van der Waals surface area contributed by atoms with Gasteiger partial charge in [-0.15, -0.1) is 0 Å². The summed E-state index contributed by atoms with van der Waals surface area (Å²) in [5.74, 6) is 0.719.